The Morgan fingerprint density at radius 2 is 2.31 bits per heavy atom. The van der Waals surface area contributed by atoms with Crippen LogP contribution in [-0.2, 0) is 4.79 Å². The van der Waals surface area contributed by atoms with Crippen LogP contribution in [0.25, 0.3) is 0 Å². The van der Waals surface area contributed by atoms with Gasteiger partial charge in [0.05, 0.1) is 5.54 Å². The van der Waals surface area contributed by atoms with Crippen molar-refractivity contribution >= 4 is 5.91 Å². The van der Waals surface area contributed by atoms with Crippen molar-refractivity contribution in [2.24, 2.45) is 5.73 Å². The molecule has 4 heteroatoms. The van der Waals surface area contributed by atoms with Crippen LogP contribution in [0.4, 0.5) is 0 Å². The van der Waals surface area contributed by atoms with Gasteiger partial charge in [-0.25, -0.2) is 0 Å². The van der Waals surface area contributed by atoms with E-state index >= 15 is 0 Å². The first-order valence-corrected chi connectivity index (χ1v) is 4.90. The van der Waals surface area contributed by atoms with E-state index in [1.54, 1.807) is 0 Å². The number of hydrogen-bond donors (Lipinski definition) is 2. The molecule has 74 valence electrons. The third kappa shape index (κ3) is 1.56. The summed E-state index contributed by atoms with van der Waals surface area (Å²) in [5.41, 5.74) is 5.34. The third-order valence-electron chi connectivity index (χ3n) is 3.12. The molecule has 2 fully saturated rings. The van der Waals surface area contributed by atoms with Gasteiger partial charge in [0.1, 0.15) is 0 Å². The van der Waals surface area contributed by atoms with Crippen LogP contribution < -0.4 is 11.1 Å². The Bertz CT molecular complexity index is 219. The molecule has 0 bridgehead atoms. The van der Waals surface area contributed by atoms with Crippen molar-refractivity contribution in [3.05, 3.63) is 0 Å². The van der Waals surface area contributed by atoms with Gasteiger partial charge in [-0.15, -0.1) is 0 Å². The molecule has 0 aromatic rings. The SMILES string of the molecule is CN(C(=O)C1(N)CC1)C1CCNC1. The average molecular weight is 183 g/mol. The van der Waals surface area contributed by atoms with Gasteiger partial charge in [-0.2, -0.15) is 0 Å². The van der Waals surface area contributed by atoms with Crippen LogP contribution in [0.3, 0.4) is 0 Å². The summed E-state index contributed by atoms with van der Waals surface area (Å²) in [6, 6.07) is 0.355. The minimum absolute atomic E-state index is 0.126. The van der Waals surface area contributed by atoms with Crippen LogP contribution in [0, 0.1) is 0 Å². The Kier molecular flexibility index (Phi) is 2.04. The van der Waals surface area contributed by atoms with Gasteiger partial charge in [0.2, 0.25) is 5.91 Å². The summed E-state index contributed by atoms with van der Waals surface area (Å²) in [5.74, 6) is 0.126. The van der Waals surface area contributed by atoms with E-state index in [0.717, 1.165) is 32.4 Å². The molecule has 3 N–H and O–H groups in total. The first kappa shape index (κ1) is 8.97. The standard InChI is InChI=1S/C9H17N3O/c1-12(7-2-5-11-6-7)8(13)9(10)3-4-9/h7,11H,2-6,10H2,1H3. The van der Waals surface area contributed by atoms with Gasteiger partial charge in [-0.1, -0.05) is 0 Å². The molecule has 0 aromatic carbocycles. The van der Waals surface area contributed by atoms with Crippen molar-refractivity contribution < 1.29 is 4.79 Å². The lowest BCUT2D eigenvalue weighted by Gasteiger charge is -2.26. The third-order valence-corrected chi connectivity index (χ3v) is 3.12. The highest BCUT2D eigenvalue weighted by Gasteiger charge is 2.48. The van der Waals surface area contributed by atoms with Crippen LogP contribution in [0.15, 0.2) is 0 Å². The predicted octanol–water partition coefficient (Wildman–Crippen LogP) is -0.702. The van der Waals surface area contributed by atoms with Crippen LogP contribution in [0.1, 0.15) is 19.3 Å². The van der Waals surface area contributed by atoms with Crippen molar-refractivity contribution in [2.75, 3.05) is 20.1 Å². The molecule has 4 nitrogen and oxygen atoms in total. The maximum atomic E-state index is 11.8. The molecule has 1 amide bonds. The number of rotatable bonds is 2. The van der Waals surface area contributed by atoms with Gasteiger partial charge < -0.3 is 16.0 Å². The Hall–Kier alpha value is -0.610. The molecule has 1 aliphatic carbocycles. The highest BCUT2D eigenvalue weighted by Crippen LogP contribution is 2.34. The van der Waals surface area contributed by atoms with Crippen molar-refractivity contribution in [1.82, 2.24) is 10.2 Å². The second-order valence-corrected chi connectivity index (χ2v) is 4.22. The number of hydrogen-bond acceptors (Lipinski definition) is 3. The van der Waals surface area contributed by atoms with Gasteiger partial charge in [-0.3, -0.25) is 4.79 Å². The molecule has 1 unspecified atom stereocenters. The summed E-state index contributed by atoms with van der Waals surface area (Å²) in [5, 5.41) is 3.25. The van der Waals surface area contributed by atoms with Gasteiger partial charge >= 0.3 is 0 Å². The summed E-state index contributed by atoms with van der Waals surface area (Å²) in [4.78, 5) is 13.6. The van der Waals surface area contributed by atoms with E-state index in [1.807, 2.05) is 11.9 Å². The van der Waals surface area contributed by atoms with Crippen molar-refractivity contribution in [3.63, 3.8) is 0 Å². The molecule has 1 atom stereocenters. The zero-order valence-electron chi connectivity index (χ0n) is 8.05. The van der Waals surface area contributed by atoms with E-state index < -0.39 is 5.54 Å². The molecule has 13 heavy (non-hydrogen) atoms. The Morgan fingerprint density at radius 3 is 2.77 bits per heavy atom. The van der Waals surface area contributed by atoms with Crippen molar-refractivity contribution in [2.45, 2.75) is 30.8 Å². The van der Waals surface area contributed by atoms with E-state index in [1.165, 1.54) is 0 Å². The van der Waals surface area contributed by atoms with Crippen LogP contribution >= 0.6 is 0 Å². The zero-order chi connectivity index (χ0) is 9.47. The van der Waals surface area contributed by atoms with Crippen LogP contribution in [-0.4, -0.2) is 42.5 Å². The van der Waals surface area contributed by atoms with E-state index in [2.05, 4.69) is 5.32 Å². The van der Waals surface area contributed by atoms with E-state index in [4.69, 9.17) is 5.73 Å². The average Bonchev–Trinajstić information content (AvgIpc) is 2.71. The highest BCUT2D eigenvalue weighted by molar-refractivity contribution is 5.89. The lowest BCUT2D eigenvalue weighted by Crippen LogP contribution is -2.48. The quantitative estimate of drug-likeness (QED) is 0.595. The Balaban J connectivity index is 1.95. The molecular formula is C9H17N3O. The molecule has 2 rings (SSSR count). The molecule has 0 radical (unpaired) electrons. The number of likely N-dealkylation sites (N-methyl/N-ethyl adjacent to an activating group) is 1. The number of amides is 1. The second kappa shape index (κ2) is 2.96. The molecule has 0 spiro atoms. The first-order chi connectivity index (χ1) is 6.13. The first-order valence-electron chi connectivity index (χ1n) is 4.90. The molecule has 1 saturated carbocycles. The van der Waals surface area contributed by atoms with Crippen molar-refractivity contribution in [1.29, 1.82) is 0 Å². The highest BCUT2D eigenvalue weighted by atomic mass is 16.2. The zero-order valence-corrected chi connectivity index (χ0v) is 8.05. The molecule has 2 aliphatic rings. The lowest BCUT2D eigenvalue weighted by atomic mass is 10.2. The molecule has 1 heterocycles. The molecular weight excluding hydrogens is 166 g/mol. The second-order valence-electron chi connectivity index (χ2n) is 4.22. The number of nitrogens with two attached hydrogens (primary N) is 1. The van der Waals surface area contributed by atoms with Crippen molar-refractivity contribution in [3.8, 4) is 0 Å². The van der Waals surface area contributed by atoms with Crippen LogP contribution in [0.2, 0.25) is 0 Å². The summed E-state index contributed by atoms with van der Waals surface area (Å²) in [6.45, 7) is 1.93. The number of carbonyl (C=O) groups is 1. The summed E-state index contributed by atoms with van der Waals surface area (Å²) in [6.07, 6.45) is 2.77. The lowest BCUT2D eigenvalue weighted by molar-refractivity contribution is -0.134. The number of nitrogens with one attached hydrogen (secondary N) is 1. The Labute approximate surface area is 78.5 Å². The predicted molar refractivity (Wildman–Crippen MR) is 50.2 cm³/mol. The maximum Gasteiger partial charge on any atom is 0.242 e. The van der Waals surface area contributed by atoms with Gasteiger partial charge in [-0.05, 0) is 25.8 Å². The van der Waals surface area contributed by atoms with Gasteiger partial charge in [0.15, 0.2) is 0 Å². The van der Waals surface area contributed by atoms with Gasteiger partial charge in [0, 0.05) is 19.6 Å². The van der Waals surface area contributed by atoms with E-state index in [0.29, 0.717) is 6.04 Å². The number of nitrogens with zero attached hydrogens (tertiary/aromatic N) is 1. The monoisotopic (exact) mass is 183 g/mol. The molecule has 1 saturated heterocycles. The molecule has 1 aliphatic heterocycles. The topological polar surface area (TPSA) is 58.4 Å². The van der Waals surface area contributed by atoms with Gasteiger partial charge in [0.25, 0.3) is 0 Å². The Morgan fingerprint density at radius 1 is 1.62 bits per heavy atom. The minimum atomic E-state index is -0.503. The summed E-state index contributed by atoms with van der Waals surface area (Å²) >= 11 is 0. The fourth-order valence-electron chi connectivity index (χ4n) is 1.84. The normalized spacial score (nSPS) is 30.2. The molecule has 0 aromatic heterocycles. The van der Waals surface area contributed by atoms with Crippen LogP contribution in [0.5, 0.6) is 0 Å². The smallest absolute Gasteiger partial charge is 0.242 e. The fourth-order valence-corrected chi connectivity index (χ4v) is 1.84. The minimum Gasteiger partial charge on any atom is -0.340 e. The summed E-state index contributed by atoms with van der Waals surface area (Å²) in [7, 11) is 1.87. The number of carbonyl (C=O) groups excluding carboxylic acids is 1. The largest absolute Gasteiger partial charge is 0.340 e. The van der Waals surface area contributed by atoms with E-state index in [-0.39, 0.29) is 5.91 Å². The fraction of sp³-hybridized carbons (Fsp3) is 0.889. The van der Waals surface area contributed by atoms with E-state index in [9.17, 15) is 4.79 Å². The maximum absolute atomic E-state index is 11.8. The summed E-state index contributed by atoms with van der Waals surface area (Å²) < 4.78 is 0.